The van der Waals surface area contributed by atoms with Gasteiger partial charge in [0.15, 0.2) is 0 Å². The summed E-state index contributed by atoms with van der Waals surface area (Å²) in [5.41, 5.74) is 4.29. The molecule has 0 heterocycles. The molecule has 1 aliphatic rings. The maximum Gasteiger partial charge on any atom is 0.123 e. The molecule has 0 amide bonds. The van der Waals surface area contributed by atoms with Crippen LogP contribution in [0.25, 0.3) is 17.2 Å². The molecule has 1 N–H and O–H groups in total. The molecule has 3 heteroatoms. The second kappa shape index (κ2) is 8.23. The van der Waals surface area contributed by atoms with Gasteiger partial charge in [0.25, 0.3) is 0 Å². The Balaban J connectivity index is 1.53. The third-order valence-electron chi connectivity index (χ3n) is 5.80. The summed E-state index contributed by atoms with van der Waals surface area (Å²) in [6, 6.07) is 31.2. The van der Waals surface area contributed by atoms with Crippen molar-refractivity contribution in [3.63, 3.8) is 0 Å². The summed E-state index contributed by atoms with van der Waals surface area (Å²) in [7, 11) is 0.368. The zero-order chi connectivity index (χ0) is 21.3. The molecule has 0 fully saturated rings. The third-order valence-corrected chi connectivity index (χ3v) is 7.21. The zero-order valence-corrected chi connectivity index (χ0v) is 17.9. The van der Waals surface area contributed by atoms with Crippen LogP contribution in [0.5, 0.6) is 0 Å². The van der Waals surface area contributed by atoms with Crippen molar-refractivity contribution in [1.29, 1.82) is 0 Å². The quantitative estimate of drug-likeness (QED) is 0.424. The minimum atomic E-state index is -1.04. The van der Waals surface area contributed by atoms with Gasteiger partial charge in [-0.1, -0.05) is 99.6 Å². The molecule has 1 aliphatic carbocycles. The summed E-state index contributed by atoms with van der Waals surface area (Å²) in [5, 5.41) is 13.9. The first-order chi connectivity index (χ1) is 15.1. The molecular formula is C28H22FOP. The molecule has 0 spiro atoms. The van der Waals surface area contributed by atoms with Crippen molar-refractivity contribution >= 4 is 25.3 Å². The van der Waals surface area contributed by atoms with Gasteiger partial charge >= 0.3 is 0 Å². The van der Waals surface area contributed by atoms with E-state index < -0.39 is 5.60 Å². The molecule has 5 rings (SSSR count). The summed E-state index contributed by atoms with van der Waals surface area (Å²) in [6.07, 6.45) is 4.50. The smallest absolute Gasteiger partial charge is 0.123 e. The van der Waals surface area contributed by atoms with E-state index in [4.69, 9.17) is 0 Å². The van der Waals surface area contributed by atoms with Crippen LogP contribution in [0.1, 0.15) is 16.7 Å². The number of halogens is 1. The highest BCUT2D eigenvalue weighted by atomic mass is 31.1. The van der Waals surface area contributed by atoms with E-state index in [2.05, 4.69) is 30.3 Å². The molecule has 0 bridgehead atoms. The number of hydrogen-bond donors (Lipinski definition) is 1. The fraction of sp³-hybridized carbons (Fsp3) is 0.0714. The molecule has 0 radical (unpaired) electrons. The molecule has 4 aromatic carbocycles. The van der Waals surface area contributed by atoms with Crippen molar-refractivity contribution in [3.05, 3.63) is 126 Å². The highest BCUT2D eigenvalue weighted by Gasteiger charge is 2.32. The van der Waals surface area contributed by atoms with Crippen molar-refractivity contribution in [1.82, 2.24) is 0 Å². The van der Waals surface area contributed by atoms with E-state index in [0.29, 0.717) is 15.0 Å². The number of hydrogen-bond acceptors (Lipinski definition) is 1. The van der Waals surface area contributed by atoms with Crippen LogP contribution in [0, 0.1) is 5.82 Å². The Kier molecular flexibility index (Phi) is 5.28. The number of rotatable bonds is 4. The molecule has 0 saturated carbocycles. The standard InChI is InChI=1S/C28H22FOP/c29-23-15-13-21(14-16-23)24-9-3-5-11-26(24)31-27-12-6-4-10-25(27)28(30)18-17-20-7-1-2-8-22(20)19-28/h1-18,30-31H,19H2. The molecule has 2 unspecified atom stereocenters. The van der Waals surface area contributed by atoms with E-state index in [1.807, 2.05) is 66.7 Å². The van der Waals surface area contributed by atoms with E-state index in [1.165, 1.54) is 17.4 Å². The van der Waals surface area contributed by atoms with Gasteiger partial charge in [0.1, 0.15) is 11.4 Å². The van der Waals surface area contributed by atoms with Crippen molar-refractivity contribution in [3.8, 4) is 11.1 Å². The number of fused-ring (bicyclic) bond motifs is 1. The first-order valence-corrected chi connectivity index (χ1v) is 11.3. The maximum absolute atomic E-state index is 13.4. The normalized spacial score (nSPS) is 17.7. The second-order valence-electron chi connectivity index (χ2n) is 7.86. The van der Waals surface area contributed by atoms with Gasteiger partial charge in [-0.15, -0.1) is 0 Å². The molecule has 31 heavy (non-hydrogen) atoms. The van der Waals surface area contributed by atoms with Gasteiger partial charge in [0.05, 0.1) is 0 Å². The fourth-order valence-corrected chi connectivity index (χ4v) is 5.65. The zero-order valence-electron chi connectivity index (χ0n) is 16.9. The molecule has 0 aliphatic heterocycles. The predicted molar refractivity (Wildman–Crippen MR) is 129 cm³/mol. The van der Waals surface area contributed by atoms with Crippen molar-refractivity contribution in [2.75, 3.05) is 0 Å². The molecule has 152 valence electrons. The lowest BCUT2D eigenvalue weighted by Crippen LogP contribution is -2.33. The van der Waals surface area contributed by atoms with E-state index in [-0.39, 0.29) is 5.82 Å². The molecular weight excluding hydrogens is 402 g/mol. The molecule has 0 saturated heterocycles. The first-order valence-electron chi connectivity index (χ1n) is 10.3. The highest BCUT2D eigenvalue weighted by molar-refractivity contribution is 7.56. The summed E-state index contributed by atoms with van der Waals surface area (Å²) < 4.78 is 13.4. The Hall–Kier alpha value is -3.06. The fourth-order valence-electron chi connectivity index (χ4n) is 4.21. The van der Waals surface area contributed by atoms with E-state index in [1.54, 1.807) is 0 Å². The van der Waals surface area contributed by atoms with Gasteiger partial charge in [-0.3, -0.25) is 0 Å². The van der Waals surface area contributed by atoms with Crippen LogP contribution in [-0.4, -0.2) is 5.11 Å². The Morgan fingerprint density at radius 2 is 1.42 bits per heavy atom. The summed E-state index contributed by atoms with van der Waals surface area (Å²) in [5.74, 6) is -0.236. The average Bonchev–Trinajstić information content (AvgIpc) is 2.80. The van der Waals surface area contributed by atoms with Gasteiger partial charge in [0, 0.05) is 6.42 Å². The monoisotopic (exact) mass is 424 g/mol. The highest BCUT2D eigenvalue weighted by Crippen LogP contribution is 2.35. The Morgan fingerprint density at radius 1 is 0.742 bits per heavy atom. The second-order valence-corrected chi connectivity index (χ2v) is 9.18. The van der Waals surface area contributed by atoms with Gasteiger partial charge in [-0.25, -0.2) is 4.39 Å². The van der Waals surface area contributed by atoms with Crippen molar-refractivity contribution in [2.24, 2.45) is 0 Å². The Morgan fingerprint density at radius 3 is 2.26 bits per heavy atom. The van der Waals surface area contributed by atoms with Gasteiger partial charge in [0.2, 0.25) is 0 Å². The van der Waals surface area contributed by atoms with Crippen molar-refractivity contribution < 1.29 is 9.50 Å². The molecule has 0 aromatic heterocycles. The lowest BCUT2D eigenvalue weighted by molar-refractivity contribution is 0.0904. The van der Waals surface area contributed by atoms with Gasteiger partial charge in [-0.05, 0) is 56.6 Å². The van der Waals surface area contributed by atoms with Gasteiger partial charge < -0.3 is 5.11 Å². The lowest BCUT2D eigenvalue weighted by atomic mass is 9.81. The van der Waals surface area contributed by atoms with E-state index in [0.717, 1.165) is 33.1 Å². The van der Waals surface area contributed by atoms with Crippen LogP contribution in [-0.2, 0) is 12.0 Å². The largest absolute Gasteiger partial charge is 0.381 e. The molecule has 4 aromatic rings. The Bertz CT molecular complexity index is 1260. The third kappa shape index (κ3) is 3.97. The maximum atomic E-state index is 13.4. The number of benzene rings is 4. The minimum absolute atomic E-state index is 0.236. The van der Waals surface area contributed by atoms with Crippen LogP contribution in [0.4, 0.5) is 4.39 Å². The summed E-state index contributed by atoms with van der Waals surface area (Å²) in [4.78, 5) is 0. The molecule has 1 nitrogen and oxygen atoms in total. The summed E-state index contributed by atoms with van der Waals surface area (Å²) >= 11 is 0. The van der Waals surface area contributed by atoms with Crippen molar-refractivity contribution in [2.45, 2.75) is 12.0 Å². The molecule has 2 atom stereocenters. The summed E-state index contributed by atoms with van der Waals surface area (Å²) in [6.45, 7) is 0. The van der Waals surface area contributed by atoms with Crippen LogP contribution in [0.2, 0.25) is 0 Å². The predicted octanol–water partition coefficient (Wildman–Crippen LogP) is 5.58. The van der Waals surface area contributed by atoms with Crippen LogP contribution in [0.3, 0.4) is 0 Å². The Labute approximate surface area is 183 Å². The van der Waals surface area contributed by atoms with Crippen LogP contribution < -0.4 is 10.6 Å². The van der Waals surface area contributed by atoms with E-state index in [9.17, 15) is 9.50 Å². The topological polar surface area (TPSA) is 20.2 Å². The number of aliphatic hydroxyl groups is 1. The van der Waals surface area contributed by atoms with Gasteiger partial charge in [-0.2, -0.15) is 0 Å². The average molecular weight is 424 g/mol. The van der Waals surface area contributed by atoms with Crippen LogP contribution in [0.15, 0.2) is 103 Å². The lowest BCUT2D eigenvalue weighted by Gasteiger charge is -2.31. The SMILES string of the molecule is OC1(c2ccccc2Pc2ccccc2-c2ccc(F)cc2)C=Cc2ccccc2C1. The van der Waals surface area contributed by atoms with E-state index >= 15 is 0 Å². The first kappa shape index (κ1) is 19.9. The van der Waals surface area contributed by atoms with Crippen LogP contribution >= 0.6 is 8.58 Å². The minimum Gasteiger partial charge on any atom is -0.381 e.